The topological polar surface area (TPSA) is 51.6 Å². The zero-order chi connectivity index (χ0) is 15.6. The third-order valence-corrected chi connectivity index (χ3v) is 3.94. The Hall–Kier alpha value is -2.66. The van der Waals surface area contributed by atoms with Crippen LogP contribution in [0.25, 0.3) is 33.5 Å². The van der Waals surface area contributed by atoms with E-state index >= 15 is 0 Å². The Morgan fingerprint density at radius 2 is 1.39 bits per heavy atom. The SMILES string of the molecule is Brc1ncc(-c2nc(-c3ccccc3)c3ccccc3n2)cn1. The summed E-state index contributed by atoms with van der Waals surface area (Å²) in [7, 11) is 0. The van der Waals surface area contributed by atoms with Gasteiger partial charge < -0.3 is 0 Å². The molecule has 0 saturated heterocycles. The zero-order valence-corrected chi connectivity index (χ0v) is 13.6. The second-order valence-corrected chi connectivity index (χ2v) is 5.73. The summed E-state index contributed by atoms with van der Waals surface area (Å²) >= 11 is 3.25. The van der Waals surface area contributed by atoms with Gasteiger partial charge in [-0.05, 0) is 22.0 Å². The number of fused-ring (bicyclic) bond motifs is 1. The Bertz CT molecular complexity index is 969. The average molecular weight is 363 g/mol. The third-order valence-electron chi connectivity index (χ3n) is 3.53. The van der Waals surface area contributed by atoms with Crippen LogP contribution in [-0.4, -0.2) is 19.9 Å². The van der Waals surface area contributed by atoms with E-state index in [1.165, 1.54) is 0 Å². The first-order valence-electron chi connectivity index (χ1n) is 7.11. The zero-order valence-electron chi connectivity index (χ0n) is 12.0. The van der Waals surface area contributed by atoms with Crippen LogP contribution < -0.4 is 0 Å². The van der Waals surface area contributed by atoms with Crippen LogP contribution in [0.5, 0.6) is 0 Å². The van der Waals surface area contributed by atoms with Gasteiger partial charge in [0, 0.05) is 23.3 Å². The van der Waals surface area contributed by atoms with Crippen LogP contribution in [0.4, 0.5) is 0 Å². The minimum atomic E-state index is 0.547. The molecule has 2 heterocycles. The van der Waals surface area contributed by atoms with E-state index < -0.39 is 0 Å². The van der Waals surface area contributed by atoms with Gasteiger partial charge in [0.2, 0.25) is 0 Å². The highest BCUT2D eigenvalue weighted by atomic mass is 79.9. The van der Waals surface area contributed by atoms with Crippen LogP contribution in [0.15, 0.2) is 71.7 Å². The van der Waals surface area contributed by atoms with Crippen molar-refractivity contribution < 1.29 is 0 Å². The van der Waals surface area contributed by atoms with E-state index in [1.54, 1.807) is 12.4 Å². The molecule has 0 aliphatic rings. The predicted molar refractivity (Wildman–Crippen MR) is 93.7 cm³/mol. The van der Waals surface area contributed by atoms with Gasteiger partial charge in [0.15, 0.2) is 10.6 Å². The summed E-state index contributed by atoms with van der Waals surface area (Å²) in [6.07, 6.45) is 3.44. The summed E-state index contributed by atoms with van der Waals surface area (Å²) in [5.74, 6) is 0.620. The summed E-state index contributed by atoms with van der Waals surface area (Å²) < 4.78 is 0.547. The fourth-order valence-corrected chi connectivity index (χ4v) is 2.65. The van der Waals surface area contributed by atoms with Gasteiger partial charge in [0.25, 0.3) is 0 Å². The Morgan fingerprint density at radius 3 is 2.17 bits per heavy atom. The van der Waals surface area contributed by atoms with Crippen molar-refractivity contribution in [2.75, 3.05) is 0 Å². The van der Waals surface area contributed by atoms with E-state index in [0.717, 1.165) is 27.7 Å². The monoisotopic (exact) mass is 362 g/mol. The Kier molecular flexibility index (Phi) is 3.55. The van der Waals surface area contributed by atoms with Gasteiger partial charge in [-0.15, -0.1) is 0 Å². The molecule has 0 aliphatic heterocycles. The van der Waals surface area contributed by atoms with Crippen LogP contribution in [0.2, 0.25) is 0 Å². The van der Waals surface area contributed by atoms with E-state index in [1.807, 2.05) is 42.5 Å². The average Bonchev–Trinajstić information content (AvgIpc) is 2.62. The molecule has 4 aromatic rings. The van der Waals surface area contributed by atoms with Crippen molar-refractivity contribution in [1.29, 1.82) is 0 Å². The van der Waals surface area contributed by atoms with Gasteiger partial charge in [-0.3, -0.25) is 0 Å². The van der Waals surface area contributed by atoms with Gasteiger partial charge in [0.1, 0.15) is 0 Å². The first-order chi connectivity index (χ1) is 11.3. The first-order valence-corrected chi connectivity index (χ1v) is 7.91. The third kappa shape index (κ3) is 2.71. The summed E-state index contributed by atoms with van der Waals surface area (Å²) in [6, 6.07) is 18.1. The van der Waals surface area contributed by atoms with E-state index in [0.29, 0.717) is 10.6 Å². The van der Waals surface area contributed by atoms with Crippen LogP contribution in [0.1, 0.15) is 0 Å². The molecule has 4 rings (SSSR count). The highest BCUT2D eigenvalue weighted by Gasteiger charge is 2.11. The van der Waals surface area contributed by atoms with Crippen molar-refractivity contribution in [2.45, 2.75) is 0 Å². The van der Waals surface area contributed by atoms with E-state index in [2.05, 4.69) is 43.0 Å². The van der Waals surface area contributed by atoms with Crippen LogP contribution in [-0.2, 0) is 0 Å². The van der Waals surface area contributed by atoms with Gasteiger partial charge in [0.05, 0.1) is 16.8 Å². The molecule has 0 amide bonds. The summed E-state index contributed by atoms with van der Waals surface area (Å²) in [4.78, 5) is 17.7. The molecule has 23 heavy (non-hydrogen) atoms. The molecule has 0 fully saturated rings. The molecule has 5 heteroatoms. The molecule has 2 aromatic heterocycles. The molecular weight excluding hydrogens is 352 g/mol. The Balaban J connectivity index is 1.99. The van der Waals surface area contributed by atoms with Crippen molar-refractivity contribution in [3.63, 3.8) is 0 Å². The lowest BCUT2D eigenvalue weighted by Crippen LogP contribution is -1.96. The summed E-state index contributed by atoms with van der Waals surface area (Å²) in [5, 5.41) is 1.03. The smallest absolute Gasteiger partial charge is 0.196 e. The number of halogens is 1. The molecule has 0 unspecified atom stereocenters. The lowest BCUT2D eigenvalue weighted by atomic mass is 10.1. The summed E-state index contributed by atoms with van der Waals surface area (Å²) in [6.45, 7) is 0. The number of benzene rings is 2. The van der Waals surface area contributed by atoms with Crippen LogP contribution in [0, 0.1) is 0 Å². The largest absolute Gasteiger partial charge is 0.230 e. The van der Waals surface area contributed by atoms with Crippen molar-refractivity contribution in [3.8, 4) is 22.6 Å². The molecule has 110 valence electrons. The number of rotatable bonds is 2. The molecule has 2 aromatic carbocycles. The van der Waals surface area contributed by atoms with Crippen molar-refractivity contribution >= 4 is 26.8 Å². The maximum atomic E-state index is 4.76. The van der Waals surface area contributed by atoms with Gasteiger partial charge in [-0.1, -0.05) is 48.5 Å². The van der Waals surface area contributed by atoms with Crippen molar-refractivity contribution in [1.82, 2.24) is 19.9 Å². The van der Waals surface area contributed by atoms with Crippen molar-refractivity contribution in [2.24, 2.45) is 0 Å². The first kappa shape index (κ1) is 14.0. The molecule has 0 aliphatic carbocycles. The highest BCUT2D eigenvalue weighted by molar-refractivity contribution is 9.10. The number of para-hydroxylation sites is 1. The second-order valence-electron chi connectivity index (χ2n) is 5.02. The maximum Gasteiger partial charge on any atom is 0.196 e. The fourth-order valence-electron chi connectivity index (χ4n) is 2.45. The molecular formula is C18H11BrN4. The van der Waals surface area contributed by atoms with Gasteiger partial charge in [-0.25, -0.2) is 19.9 Å². The van der Waals surface area contributed by atoms with Gasteiger partial charge >= 0.3 is 0 Å². The van der Waals surface area contributed by atoms with E-state index in [9.17, 15) is 0 Å². The molecule has 4 nitrogen and oxygen atoms in total. The minimum Gasteiger partial charge on any atom is -0.230 e. The lowest BCUT2D eigenvalue weighted by molar-refractivity contribution is 1.10. The normalized spacial score (nSPS) is 10.8. The van der Waals surface area contributed by atoms with Crippen LogP contribution >= 0.6 is 15.9 Å². The second kappa shape index (κ2) is 5.85. The molecule has 0 saturated carbocycles. The fraction of sp³-hybridized carbons (Fsp3) is 0. The number of hydrogen-bond acceptors (Lipinski definition) is 4. The van der Waals surface area contributed by atoms with Crippen LogP contribution in [0.3, 0.4) is 0 Å². The van der Waals surface area contributed by atoms with Crippen molar-refractivity contribution in [3.05, 3.63) is 71.7 Å². The molecule has 0 radical (unpaired) electrons. The van der Waals surface area contributed by atoms with Gasteiger partial charge in [-0.2, -0.15) is 0 Å². The standard InChI is InChI=1S/C18H11BrN4/c19-18-20-10-13(11-21-18)17-22-15-9-5-4-8-14(15)16(23-17)12-6-2-1-3-7-12/h1-11H. The molecule has 0 N–H and O–H groups in total. The molecule has 0 bridgehead atoms. The quantitative estimate of drug-likeness (QED) is 0.492. The predicted octanol–water partition coefficient (Wildman–Crippen LogP) is 4.52. The lowest BCUT2D eigenvalue weighted by Gasteiger charge is -2.08. The Morgan fingerprint density at radius 1 is 0.696 bits per heavy atom. The highest BCUT2D eigenvalue weighted by Crippen LogP contribution is 2.28. The molecule has 0 spiro atoms. The molecule has 0 atom stereocenters. The summed E-state index contributed by atoms with van der Waals surface area (Å²) in [5.41, 5.74) is 3.66. The minimum absolute atomic E-state index is 0.547. The van der Waals surface area contributed by atoms with E-state index in [-0.39, 0.29) is 0 Å². The Labute approximate surface area is 141 Å². The number of hydrogen-bond donors (Lipinski definition) is 0. The maximum absolute atomic E-state index is 4.76. The van der Waals surface area contributed by atoms with E-state index in [4.69, 9.17) is 4.98 Å². The number of nitrogens with zero attached hydrogens (tertiary/aromatic N) is 4. The number of aromatic nitrogens is 4.